The predicted molar refractivity (Wildman–Crippen MR) is 77.8 cm³/mol. The van der Waals surface area contributed by atoms with Gasteiger partial charge in [-0.3, -0.25) is 9.59 Å². The Labute approximate surface area is 127 Å². The van der Waals surface area contributed by atoms with Crippen LogP contribution in [0.25, 0.3) is 0 Å². The largest absolute Gasteiger partial charge is 0.481 e. The van der Waals surface area contributed by atoms with E-state index in [0.29, 0.717) is 5.69 Å². The minimum absolute atomic E-state index is 0.0745. The maximum atomic E-state index is 12.2. The van der Waals surface area contributed by atoms with Gasteiger partial charge < -0.3 is 10.4 Å². The third-order valence-electron chi connectivity index (χ3n) is 2.60. The Morgan fingerprint density at radius 3 is 2.48 bits per heavy atom. The molecule has 0 aromatic heterocycles. The number of hydrogen-bond donors (Lipinski definition) is 2. The summed E-state index contributed by atoms with van der Waals surface area (Å²) in [5.74, 6) is -1.41. The van der Waals surface area contributed by atoms with E-state index in [0.717, 1.165) is 4.31 Å². The molecule has 1 aromatic rings. The second kappa shape index (κ2) is 6.88. The molecule has 0 radical (unpaired) electrons. The molecule has 0 aliphatic carbocycles. The second-order valence-electron chi connectivity index (χ2n) is 4.29. The molecule has 1 rings (SSSR count). The number of carbonyl (C=O) groups is 2. The second-order valence-corrected chi connectivity index (χ2v) is 6.75. The molecule has 0 bridgehead atoms. The van der Waals surface area contributed by atoms with Crippen LogP contribution in [-0.2, 0) is 19.6 Å². The van der Waals surface area contributed by atoms with Crippen LogP contribution in [-0.4, -0.2) is 43.3 Å². The minimum atomic E-state index is -3.83. The molecule has 0 aliphatic heterocycles. The van der Waals surface area contributed by atoms with Gasteiger partial charge in [-0.1, -0.05) is 11.6 Å². The number of nitrogens with zero attached hydrogens (tertiary/aromatic N) is 1. The van der Waals surface area contributed by atoms with Gasteiger partial charge in [0.1, 0.15) is 0 Å². The van der Waals surface area contributed by atoms with E-state index in [-0.39, 0.29) is 28.8 Å². The van der Waals surface area contributed by atoms with Crippen molar-refractivity contribution in [1.82, 2.24) is 4.31 Å². The fourth-order valence-corrected chi connectivity index (χ4v) is 2.99. The summed E-state index contributed by atoms with van der Waals surface area (Å²) in [5, 5.41) is 11.1. The number of carboxylic acid groups (broad SMARTS) is 1. The molecule has 0 unspecified atom stereocenters. The number of halogens is 1. The molecule has 2 N–H and O–H groups in total. The summed E-state index contributed by atoms with van der Waals surface area (Å²) in [6, 6.07) is 3.88. The van der Waals surface area contributed by atoms with Crippen molar-refractivity contribution in [3.63, 3.8) is 0 Å². The first-order valence-corrected chi connectivity index (χ1v) is 7.71. The average Bonchev–Trinajstić information content (AvgIpc) is 2.37. The van der Waals surface area contributed by atoms with Gasteiger partial charge in [-0.15, -0.1) is 0 Å². The van der Waals surface area contributed by atoms with E-state index in [1.807, 2.05) is 0 Å². The average molecular weight is 335 g/mol. The summed E-state index contributed by atoms with van der Waals surface area (Å²) in [6.45, 7) is 1.16. The quantitative estimate of drug-likeness (QED) is 0.818. The lowest BCUT2D eigenvalue weighted by Gasteiger charge is -2.17. The van der Waals surface area contributed by atoms with E-state index < -0.39 is 16.0 Å². The first-order valence-electron chi connectivity index (χ1n) is 5.90. The molecular weight excluding hydrogens is 320 g/mol. The molecule has 1 amide bonds. The zero-order valence-electron chi connectivity index (χ0n) is 11.5. The number of benzene rings is 1. The monoisotopic (exact) mass is 334 g/mol. The van der Waals surface area contributed by atoms with Crippen LogP contribution in [0.2, 0.25) is 5.02 Å². The smallest absolute Gasteiger partial charge is 0.304 e. The van der Waals surface area contributed by atoms with E-state index in [2.05, 4.69) is 5.32 Å². The molecule has 0 saturated carbocycles. The van der Waals surface area contributed by atoms with Gasteiger partial charge in [0.25, 0.3) is 0 Å². The van der Waals surface area contributed by atoms with Crippen molar-refractivity contribution in [1.29, 1.82) is 0 Å². The molecule has 9 heteroatoms. The first kappa shape index (κ1) is 17.4. The van der Waals surface area contributed by atoms with Gasteiger partial charge in [0.15, 0.2) is 0 Å². The third kappa shape index (κ3) is 4.69. The molecule has 116 valence electrons. The van der Waals surface area contributed by atoms with Crippen molar-refractivity contribution in [2.75, 3.05) is 18.9 Å². The highest BCUT2D eigenvalue weighted by Crippen LogP contribution is 2.26. The molecule has 0 fully saturated rings. The van der Waals surface area contributed by atoms with Gasteiger partial charge >= 0.3 is 5.97 Å². The standard InChI is InChI=1S/C12H15ClN2O5S/c1-8(16)14-11-4-3-9(7-10(11)13)21(19,20)15(2)6-5-12(17)18/h3-4,7H,5-6H2,1-2H3,(H,14,16)(H,17,18). The Hall–Kier alpha value is -1.64. The number of sulfonamides is 1. The molecule has 0 atom stereocenters. The van der Waals surface area contributed by atoms with Gasteiger partial charge in [0.2, 0.25) is 15.9 Å². The van der Waals surface area contributed by atoms with Crippen molar-refractivity contribution in [2.24, 2.45) is 0 Å². The van der Waals surface area contributed by atoms with E-state index in [1.165, 1.54) is 32.2 Å². The van der Waals surface area contributed by atoms with Gasteiger partial charge in [0, 0.05) is 20.5 Å². The molecule has 0 saturated heterocycles. The predicted octanol–water partition coefficient (Wildman–Crippen LogP) is 1.39. The highest BCUT2D eigenvalue weighted by molar-refractivity contribution is 7.89. The zero-order valence-corrected chi connectivity index (χ0v) is 13.0. The van der Waals surface area contributed by atoms with Crippen molar-refractivity contribution in [3.8, 4) is 0 Å². The number of anilines is 1. The number of aliphatic carboxylic acids is 1. The topological polar surface area (TPSA) is 104 Å². The fourth-order valence-electron chi connectivity index (χ4n) is 1.50. The van der Waals surface area contributed by atoms with Crippen LogP contribution >= 0.6 is 11.6 Å². The Morgan fingerprint density at radius 1 is 1.38 bits per heavy atom. The highest BCUT2D eigenvalue weighted by Gasteiger charge is 2.22. The van der Waals surface area contributed by atoms with Crippen LogP contribution < -0.4 is 5.32 Å². The summed E-state index contributed by atoms with van der Waals surface area (Å²) in [5.41, 5.74) is 0.302. The molecule has 0 spiro atoms. The Morgan fingerprint density at radius 2 is 2.00 bits per heavy atom. The summed E-state index contributed by atoms with van der Waals surface area (Å²) in [7, 11) is -2.54. The van der Waals surface area contributed by atoms with E-state index >= 15 is 0 Å². The molecule has 21 heavy (non-hydrogen) atoms. The zero-order chi connectivity index (χ0) is 16.2. The van der Waals surface area contributed by atoms with Crippen molar-refractivity contribution in [3.05, 3.63) is 23.2 Å². The van der Waals surface area contributed by atoms with Crippen molar-refractivity contribution < 1.29 is 23.1 Å². The van der Waals surface area contributed by atoms with E-state index in [9.17, 15) is 18.0 Å². The van der Waals surface area contributed by atoms with Gasteiger partial charge in [-0.05, 0) is 18.2 Å². The SMILES string of the molecule is CC(=O)Nc1ccc(S(=O)(=O)N(C)CCC(=O)O)cc1Cl. The van der Waals surface area contributed by atoms with Crippen LogP contribution in [0.3, 0.4) is 0 Å². The molecule has 1 aromatic carbocycles. The number of carboxylic acids is 1. The Balaban J connectivity index is 3.01. The van der Waals surface area contributed by atoms with Crippen LogP contribution in [0.1, 0.15) is 13.3 Å². The normalized spacial score (nSPS) is 11.4. The lowest BCUT2D eigenvalue weighted by molar-refractivity contribution is -0.137. The minimum Gasteiger partial charge on any atom is -0.481 e. The Kier molecular flexibility index (Phi) is 5.70. The molecule has 0 aliphatic rings. The number of carbonyl (C=O) groups excluding carboxylic acids is 1. The van der Waals surface area contributed by atoms with Crippen molar-refractivity contribution >= 4 is 39.2 Å². The third-order valence-corrected chi connectivity index (χ3v) is 4.77. The highest BCUT2D eigenvalue weighted by atomic mass is 35.5. The fraction of sp³-hybridized carbons (Fsp3) is 0.333. The van der Waals surface area contributed by atoms with Crippen LogP contribution in [0.15, 0.2) is 23.1 Å². The number of amides is 1. The number of hydrogen-bond acceptors (Lipinski definition) is 4. The summed E-state index contributed by atoms with van der Waals surface area (Å²) in [4.78, 5) is 21.4. The maximum absolute atomic E-state index is 12.2. The van der Waals surface area contributed by atoms with Gasteiger partial charge in [0.05, 0.1) is 22.0 Å². The Bertz CT molecular complexity index is 660. The molecular formula is C12H15ClN2O5S. The van der Waals surface area contributed by atoms with E-state index in [4.69, 9.17) is 16.7 Å². The van der Waals surface area contributed by atoms with Gasteiger partial charge in [-0.2, -0.15) is 0 Å². The summed E-state index contributed by atoms with van der Waals surface area (Å²) < 4.78 is 25.4. The number of nitrogens with one attached hydrogen (secondary N) is 1. The molecule has 7 nitrogen and oxygen atoms in total. The van der Waals surface area contributed by atoms with Crippen molar-refractivity contribution in [2.45, 2.75) is 18.2 Å². The van der Waals surface area contributed by atoms with Crippen LogP contribution in [0, 0.1) is 0 Å². The lowest BCUT2D eigenvalue weighted by Crippen LogP contribution is -2.29. The van der Waals surface area contributed by atoms with E-state index in [1.54, 1.807) is 0 Å². The van der Waals surface area contributed by atoms with Crippen LogP contribution in [0.5, 0.6) is 0 Å². The van der Waals surface area contributed by atoms with Crippen LogP contribution in [0.4, 0.5) is 5.69 Å². The number of rotatable bonds is 6. The van der Waals surface area contributed by atoms with Gasteiger partial charge in [-0.25, -0.2) is 12.7 Å². The molecule has 0 heterocycles. The maximum Gasteiger partial charge on any atom is 0.304 e. The lowest BCUT2D eigenvalue weighted by atomic mass is 10.3. The summed E-state index contributed by atoms with van der Waals surface area (Å²) >= 11 is 5.92. The first-order chi connectivity index (χ1) is 9.64. The summed E-state index contributed by atoms with van der Waals surface area (Å²) in [6.07, 6.45) is -0.298.